The van der Waals surface area contributed by atoms with Crippen molar-refractivity contribution in [2.75, 3.05) is 14.2 Å². The zero-order valence-electron chi connectivity index (χ0n) is 21.0. The fourth-order valence-electron chi connectivity index (χ4n) is 4.83. The van der Waals surface area contributed by atoms with Gasteiger partial charge >= 0.3 is 11.9 Å². The lowest BCUT2D eigenvalue weighted by Crippen LogP contribution is -2.24. The molecule has 2 atom stereocenters. The van der Waals surface area contributed by atoms with E-state index in [9.17, 15) is 14.4 Å². The van der Waals surface area contributed by atoms with E-state index in [2.05, 4.69) is 0 Å². The number of cyclic esters (lactones) is 1. The highest BCUT2D eigenvalue weighted by atomic mass is 16.5. The molecule has 0 fully saturated rings. The van der Waals surface area contributed by atoms with E-state index in [1.165, 1.54) is 7.11 Å². The highest BCUT2D eigenvalue weighted by Crippen LogP contribution is 2.47. The van der Waals surface area contributed by atoms with Gasteiger partial charge in [-0.2, -0.15) is 0 Å². The van der Waals surface area contributed by atoms with Crippen LogP contribution < -0.4 is 14.2 Å². The number of Topliss-reactive ketones (excluding diaryl/α,β-unsaturated/α-hetero) is 1. The Morgan fingerprint density at radius 2 is 1.72 bits per heavy atom. The molecule has 2 aromatic carbocycles. The van der Waals surface area contributed by atoms with Gasteiger partial charge in [-0.15, -0.1) is 0 Å². The van der Waals surface area contributed by atoms with E-state index < -0.39 is 5.97 Å². The lowest BCUT2D eigenvalue weighted by molar-refractivity contribution is -0.135. The minimum Gasteiger partial charge on any atom is -0.497 e. The maximum Gasteiger partial charge on any atom is 0.342 e. The van der Waals surface area contributed by atoms with Crippen LogP contribution in [0.5, 0.6) is 17.2 Å². The average Bonchev–Trinajstić information content (AvgIpc) is 2.86. The summed E-state index contributed by atoms with van der Waals surface area (Å²) in [6.45, 7) is 1.83. The van der Waals surface area contributed by atoms with Gasteiger partial charge in [-0.25, -0.2) is 4.79 Å². The van der Waals surface area contributed by atoms with Crippen molar-refractivity contribution in [1.82, 2.24) is 0 Å². The molecule has 0 unspecified atom stereocenters. The van der Waals surface area contributed by atoms with E-state index in [0.717, 1.165) is 12.0 Å². The summed E-state index contributed by atoms with van der Waals surface area (Å²) < 4.78 is 22.5. The standard InChI is InChI=1S/C29H32O7/c1-18-8-7-11-21(30)10-6-4-5-9-20-16-24-27(28(34-3)26(20)29(32)35-18)23(17-25(31)36-24)19-12-14-22(33-2)15-13-19/h5,9,12-16,18,23H,4,6-8,10-11,17H2,1-3H3/t18-,23-/m0/s1. The number of rotatable bonds is 3. The van der Waals surface area contributed by atoms with Gasteiger partial charge in [-0.05, 0) is 61.9 Å². The maximum absolute atomic E-state index is 13.5. The van der Waals surface area contributed by atoms with Crippen molar-refractivity contribution in [3.63, 3.8) is 0 Å². The Balaban J connectivity index is 1.84. The van der Waals surface area contributed by atoms with Crippen molar-refractivity contribution in [3.05, 3.63) is 58.7 Å². The van der Waals surface area contributed by atoms with E-state index in [1.54, 1.807) is 13.2 Å². The summed E-state index contributed by atoms with van der Waals surface area (Å²) >= 11 is 0. The highest BCUT2D eigenvalue weighted by Gasteiger charge is 2.36. The number of allylic oxidation sites excluding steroid dienone is 1. The van der Waals surface area contributed by atoms with Crippen LogP contribution >= 0.6 is 0 Å². The molecule has 0 N–H and O–H groups in total. The lowest BCUT2D eigenvalue weighted by Gasteiger charge is -2.29. The predicted octanol–water partition coefficient (Wildman–Crippen LogP) is 5.63. The van der Waals surface area contributed by atoms with Gasteiger partial charge in [0.15, 0.2) is 0 Å². The summed E-state index contributed by atoms with van der Waals surface area (Å²) in [6, 6.07) is 9.19. The first-order chi connectivity index (χ1) is 17.4. The Morgan fingerprint density at radius 1 is 0.972 bits per heavy atom. The van der Waals surface area contributed by atoms with E-state index in [1.807, 2.05) is 43.3 Å². The minimum absolute atomic E-state index is 0.115. The Hall–Kier alpha value is -3.61. The molecule has 2 aromatic rings. The van der Waals surface area contributed by atoms with Crippen molar-refractivity contribution >= 4 is 23.8 Å². The molecule has 0 bridgehead atoms. The largest absolute Gasteiger partial charge is 0.497 e. The molecular weight excluding hydrogens is 460 g/mol. The molecular formula is C29H32O7. The van der Waals surface area contributed by atoms with Crippen molar-refractivity contribution in [3.8, 4) is 17.2 Å². The molecule has 2 heterocycles. The Bertz CT molecular complexity index is 1160. The van der Waals surface area contributed by atoms with Crippen molar-refractivity contribution in [2.24, 2.45) is 0 Å². The molecule has 2 aliphatic rings. The van der Waals surface area contributed by atoms with E-state index in [4.69, 9.17) is 18.9 Å². The number of ketones is 1. The van der Waals surface area contributed by atoms with Gasteiger partial charge in [0.25, 0.3) is 0 Å². The minimum atomic E-state index is -0.504. The Labute approximate surface area is 211 Å². The third-order valence-electron chi connectivity index (χ3n) is 6.68. The summed E-state index contributed by atoms with van der Waals surface area (Å²) in [5, 5.41) is 0. The van der Waals surface area contributed by atoms with Crippen LogP contribution in [-0.2, 0) is 14.3 Å². The Kier molecular flexibility index (Phi) is 8.08. The average molecular weight is 493 g/mol. The van der Waals surface area contributed by atoms with Gasteiger partial charge in [0, 0.05) is 24.3 Å². The van der Waals surface area contributed by atoms with Gasteiger partial charge < -0.3 is 18.9 Å². The van der Waals surface area contributed by atoms with Gasteiger partial charge in [-0.1, -0.05) is 24.3 Å². The monoisotopic (exact) mass is 492 g/mol. The van der Waals surface area contributed by atoms with E-state index in [-0.39, 0.29) is 30.2 Å². The molecule has 0 aliphatic carbocycles. The van der Waals surface area contributed by atoms with Gasteiger partial charge in [0.2, 0.25) is 0 Å². The summed E-state index contributed by atoms with van der Waals surface area (Å²) in [7, 11) is 3.11. The van der Waals surface area contributed by atoms with Crippen LogP contribution in [0.25, 0.3) is 6.08 Å². The second kappa shape index (κ2) is 11.4. The normalized spacial score (nSPS) is 20.9. The molecule has 4 rings (SSSR count). The topological polar surface area (TPSA) is 88.1 Å². The second-order valence-electron chi connectivity index (χ2n) is 9.23. The van der Waals surface area contributed by atoms with E-state index in [0.29, 0.717) is 66.0 Å². The molecule has 190 valence electrons. The van der Waals surface area contributed by atoms with Crippen LogP contribution in [0.4, 0.5) is 0 Å². The number of esters is 2. The summed E-state index contributed by atoms with van der Waals surface area (Å²) in [5.41, 5.74) is 2.39. The second-order valence-corrected chi connectivity index (χ2v) is 9.23. The van der Waals surface area contributed by atoms with Crippen LogP contribution in [0.3, 0.4) is 0 Å². The SMILES string of the molecule is COc1ccc([C@@H]2CC(=O)Oc3cc4c(c(OC)c32)C(=O)O[C@@H](C)CCCC(=O)CCCC=C4)cc1. The smallest absolute Gasteiger partial charge is 0.342 e. The third kappa shape index (κ3) is 5.61. The molecule has 7 nitrogen and oxygen atoms in total. The molecule has 0 saturated heterocycles. The fraction of sp³-hybridized carbons (Fsp3) is 0.414. The lowest BCUT2D eigenvalue weighted by atomic mass is 9.83. The van der Waals surface area contributed by atoms with Gasteiger partial charge in [0.05, 0.1) is 26.7 Å². The van der Waals surface area contributed by atoms with Crippen molar-refractivity contribution in [1.29, 1.82) is 0 Å². The summed E-state index contributed by atoms with van der Waals surface area (Å²) in [6.07, 6.45) is 7.20. The first-order valence-electron chi connectivity index (χ1n) is 12.4. The van der Waals surface area contributed by atoms with Crippen LogP contribution in [0.2, 0.25) is 0 Å². The summed E-state index contributed by atoms with van der Waals surface area (Å²) in [4.78, 5) is 38.1. The molecule has 7 heteroatoms. The first kappa shape index (κ1) is 25.5. The van der Waals surface area contributed by atoms with Gasteiger partial charge in [0.1, 0.15) is 28.6 Å². The predicted molar refractivity (Wildman–Crippen MR) is 135 cm³/mol. The molecule has 0 radical (unpaired) electrons. The van der Waals surface area contributed by atoms with Crippen LogP contribution in [0, 0.1) is 0 Å². The van der Waals surface area contributed by atoms with Crippen LogP contribution in [0.1, 0.15) is 84.8 Å². The molecule has 0 saturated carbocycles. The summed E-state index contributed by atoms with van der Waals surface area (Å²) in [5.74, 6) is 0.426. The third-order valence-corrected chi connectivity index (χ3v) is 6.68. The number of fused-ring (bicyclic) bond motifs is 2. The molecule has 36 heavy (non-hydrogen) atoms. The Morgan fingerprint density at radius 3 is 2.44 bits per heavy atom. The zero-order valence-corrected chi connectivity index (χ0v) is 21.0. The van der Waals surface area contributed by atoms with Crippen molar-refractivity contribution in [2.45, 2.75) is 63.9 Å². The van der Waals surface area contributed by atoms with E-state index >= 15 is 0 Å². The highest BCUT2D eigenvalue weighted by molar-refractivity contribution is 5.99. The van der Waals surface area contributed by atoms with Crippen molar-refractivity contribution < 1.29 is 33.3 Å². The molecule has 0 spiro atoms. The number of methoxy groups -OCH3 is 2. The van der Waals surface area contributed by atoms with Crippen LogP contribution in [0.15, 0.2) is 36.4 Å². The molecule has 2 aliphatic heterocycles. The fourth-order valence-corrected chi connectivity index (χ4v) is 4.83. The first-order valence-corrected chi connectivity index (χ1v) is 12.4. The number of hydrogen-bond donors (Lipinski definition) is 0. The van der Waals surface area contributed by atoms with Crippen LogP contribution in [-0.4, -0.2) is 38.0 Å². The van der Waals surface area contributed by atoms with Gasteiger partial charge in [-0.3, -0.25) is 9.59 Å². The quantitative estimate of drug-likeness (QED) is 0.405. The maximum atomic E-state index is 13.5. The number of ether oxygens (including phenoxy) is 4. The zero-order chi connectivity index (χ0) is 25.7. The molecule has 0 amide bonds. The molecule has 0 aromatic heterocycles. The number of carbonyl (C=O) groups is 3. The number of hydrogen-bond acceptors (Lipinski definition) is 7. The number of carbonyl (C=O) groups excluding carboxylic acids is 3. The number of benzene rings is 2.